The molecule has 0 radical (unpaired) electrons. The Balaban J connectivity index is 3.13. The van der Waals surface area contributed by atoms with E-state index in [-0.39, 0.29) is 23.9 Å². The van der Waals surface area contributed by atoms with Crippen molar-refractivity contribution in [3.05, 3.63) is 47.0 Å². The number of halogens is 1. The van der Waals surface area contributed by atoms with Gasteiger partial charge in [-0.05, 0) is 51.7 Å². The Bertz CT molecular complexity index is 716. The molecule has 0 aliphatic rings. The molecule has 0 fully saturated rings. The van der Waals surface area contributed by atoms with Crippen LogP contribution in [0.1, 0.15) is 47.1 Å². The van der Waals surface area contributed by atoms with Crippen LogP contribution in [0.2, 0.25) is 0 Å². The summed E-state index contributed by atoms with van der Waals surface area (Å²) in [6.45, 7) is 10.4. The highest BCUT2D eigenvalue weighted by molar-refractivity contribution is 6.31. The highest BCUT2D eigenvalue weighted by Gasteiger charge is 2.35. The molecule has 0 saturated heterocycles. The van der Waals surface area contributed by atoms with E-state index in [1.165, 1.54) is 6.08 Å². The molecule has 0 saturated carbocycles. The van der Waals surface area contributed by atoms with Gasteiger partial charge < -0.3 is 10.1 Å². The topological polar surface area (TPSA) is 72.5 Å². The molecule has 0 aliphatic carbocycles. The summed E-state index contributed by atoms with van der Waals surface area (Å²) in [4.78, 5) is 38.2. The molecule has 1 amide bonds. The van der Waals surface area contributed by atoms with E-state index in [4.69, 9.17) is 16.3 Å². The molecule has 154 valence electrons. The van der Waals surface area contributed by atoms with Gasteiger partial charge in [0, 0.05) is 5.03 Å². The number of carbonyl (C=O) groups is 3. The number of alkyl carbamates (subject to hydrolysis) is 1. The van der Waals surface area contributed by atoms with E-state index in [2.05, 4.69) is 5.32 Å². The van der Waals surface area contributed by atoms with Gasteiger partial charge in [0.2, 0.25) is 0 Å². The van der Waals surface area contributed by atoms with E-state index >= 15 is 0 Å². The SMILES string of the molecule is C/C(Cl)=C/C(=O)C(Cc1ccccc1)C(=O)[C@H](NC(=O)OC(C)(C)C)C(C)C. The van der Waals surface area contributed by atoms with Gasteiger partial charge in [-0.1, -0.05) is 55.8 Å². The van der Waals surface area contributed by atoms with Gasteiger partial charge in [0.25, 0.3) is 0 Å². The maximum atomic E-state index is 13.2. The third-order valence-corrected chi connectivity index (χ3v) is 4.07. The molecule has 0 aromatic heterocycles. The molecular weight excluding hydrogens is 378 g/mol. The van der Waals surface area contributed by atoms with Gasteiger partial charge in [-0.25, -0.2) is 4.79 Å². The molecule has 1 aromatic carbocycles. The Hall–Kier alpha value is -2.14. The summed E-state index contributed by atoms with van der Waals surface area (Å²) in [6.07, 6.45) is 0.811. The Morgan fingerprint density at radius 2 is 1.71 bits per heavy atom. The van der Waals surface area contributed by atoms with Gasteiger partial charge in [-0.3, -0.25) is 9.59 Å². The van der Waals surface area contributed by atoms with E-state index in [1.807, 2.05) is 44.2 Å². The monoisotopic (exact) mass is 407 g/mol. The first-order valence-electron chi connectivity index (χ1n) is 9.35. The lowest BCUT2D eigenvalue weighted by Gasteiger charge is -2.27. The Morgan fingerprint density at radius 3 is 2.18 bits per heavy atom. The summed E-state index contributed by atoms with van der Waals surface area (Å²) < 4.78 is 5.27. The van der Waals surface area contributed by atoms with Crippen LogP contribution < -0.4 is 5.32 Å². The number of allylic oxidation sites excluding steroid dienone is 2. The quantitative estimate of drug-likeness (QED) is 0.501. The zero-order chi connectivity index (χ0) is 21.5. The van der Waals surface area contributed by atoms with Crippen molar-refractivity contribution in [3.63, 3.8) is 0 Å². The Kier molecular flexibility index (Phi) is 8.89. The minimum atomic E-state index is -0.946. The van der Waals surface area contributed by atoms with Crippen LogP contribution in [0.4, 0.5) is 4.79 Å². The maximum absolute atomic E-state index is 13.2. The molecule has 1 rings (SSSR count). The number of hydrogen-bond donors (Lipinski definition) is 1. The zero-order valence-corrected chi connectivity index (χ0v) is 18.2. The highest BCUT2D eigenvalue weighted by Crippen LogP contribution is 2.19. The predicted octanol–water partition coefficient (Wildman–Crippen LogP) is 4.68. The molecule has 5 nitrogen and oxygen atoms in total. The average Bonchev–Trinajstić information content (AvgIpc) is 2.55. The van der Waals surface area contributed by atoms with E-state index in [0.29, 0.717) is 5.03 Å². The van der Waals surface area contributed by atoms with E-state index in [0.717, 1.165) is 5.56 Å². The Morgan fingerprint density at radius 1 is 1.14 bits per heavy atom. The first kappa shape index (κ1) is 23.9. The van der Waals surface area contributed by atoms with Crippen molar-refractivity contribution in [2.75, 3.05) is 0 Å². The van der Waals surface area contributed by atoms with Crippen molar-refractivity contribution in [2.24, 2.45) is 11.8 Å². The summed E-state index contributed by atoms with van der Waals surface area (Å²) in [6, 6.07) is 8.43. The van der Waals surface area contributed by atoms with Crippen molar-refractivity contribution in [1.82, 2.24) is 5.32 Å². The molecule has 2 atom stereocenters. The second-order valence-electron chi connectivity index (χ2n) is 8.15. The second-order valence-corrected chi connectivity index (χ2v) is 8.74. The third-order valence-electron chi connectivity index (χ3n) is 3.96. The lowest BCUT2D eigenvalue weighted by molar-refractivity contribution is -0.132. The number of benzene rings is 1. The van der Waals surface area contributed by atoms with Crippen LogP contribution in [-0.4, -0.2) is 29.3 Å². The number of hydrogen-bond acceptors (Lipinski definition) is 4. The molecule has 0 spiro atoms. The van der Waals surface area contributed by atoms with Crippen molar-refractivity contribution >= 4 is 29.3 Å². The zero-order valence-electron chi connectivity index (χ0n) is 17.4. The number of nitrogens with one attached hydrogen (secondary N) is 1. The summed E-state index contributed by atoms with van der Waals surface area (Å²) >= 11 is 5.86. The highest BCUT2D eigenvalue weighted by atomic mass is 35.5. The number of ether oxygens (including phenoxy) is 1. The minimum Gasteiger partial charge on any atom is -0.444 e. The van der Waals surface area contributed by atoms with Crippen LogP contribution in [0, 0.1) is 11.8 Å². The lowest BCUT2D eigenvalue weighted by Crippen LogP contribution is -2.50. The number of rotatable bonds is 8. The van der Waals surface area contributed by atoms with Gasteiger partial charge in [0.05, 0.1) is 12.0 Å². The first-order valence-corrected chi connectivity index (χ1v) is 9.73. The fraction of sp³-hybridized carbons (Fsp3) is 0.500. The largest absolute Gasteiger partial charge is 0.444 e. The predicted molar refractivity (Wildman–Crippen MR) is 111 cm³/mol. The van der Waals surface area contributed by atoms with Crippen LogP contribution in [0.5, 0.6) is 0 Å². The van der Waals surface area contributed by atoms with Crippen molar-refractivity contribution < 1.29 is 19.1 Å². The summed E-state index contributed by atoms with van der Waals surface area (Å²) in [5.41, 5.74) is 0.168. The minimum absolute atomic E-state index is 0.216. The molecule has 0 heterocycles. The van der Waals surface area contributed by atoms with E-state index in [1.54, 1.807) is 27.7 Å². The first-order chi connectivity index (χ1) is 12.9. The number of carbonyl (C=O) groups excluding carboxylic acids is 3. The van der Waals surface area contributed by atoms with Gasteiger partial charge in [-0.2, -0.15) is 0 Å². The summed E-state index contributed by atoms with van der Waals surface area (Å²) in [5.74, 6) is -1.90. The van der Waals surface area contributed by atoms with E-state index < -0.39 is 23.7 Å². The van der Waals surface area contributed by atoms with E-state index in [9.17, 15) is 14.4 Å². The molecular formula is C22H30ClNO4. The second kappa shape index (κ2) is 10.4. The fourth-order valence-corrected chi connectivity index (χ4v) is 2.81. The van der Waals surface area contributed by atoms with Crippen LogP contribution in [0.25, 0.3) is 0 Å². The van der Waals surface area contributed by atoms with Gasteiger partial charge in [0.15, 0.2) is 11.6 Å². The Labute approximate surface area is 172 Å². The normalized spacial score (nSPS) is 14.4. The number of Topliss-reactive ketones (excluding diaryl/α,β-unsaturated/α-hetero) is 1. The average molecular weight is 408 g/mol. The molecule has 1 aromatic rings. The molecule has 6 heteroatoms. The molecule has 0 aliphatic heterocycles. The van der Waals surface area contributed by atoms with Gasteiger partial charge in [-0.15, -0.1) is 0 Å². The number of ketones is 2. The van der Waals surface area contributed by atoms with Crippen molar-refractivity contribution in [2.45, 2.75) is 59.6 Å². The van der Waals surface area contributed by atoms with Crippen molar-refractivity contribution in [3.8, 4) is 0 Å². The smallest absolute Gasteiger partial charge is 0.408 e. The fourth-order valence-electron chi connectivity index (χ4n) is 2.71. The lowest BCUT2D eigenvalue weighted by atomic mass is 9.84. The third kappa shape index (κ3) is 8.26. The van der Waals surface area contributed by atoms with Crippen LogP contribution in [-0.2, 0) is 20.7 Å². The van der Waals surface area contributed by atoms with Crippen LogP contribution in [0.3, 0.4) is 0 Å². The van der Waals surface area contributed by atoms with Crippen molar-refractivity contribution in [1.29, 1.82) is 0 Å². The summed E-state index contributed by atoms with van der Waals surface area (Å²) in [5, 5.41) is 2.93. The molecule has 28 heavy (non-hydrogen) atoms. The summed E-state index contributed by atoms with van der Waals surface area (Å²) in [7, 11) is 0. The molecule has 0 bridgehead atoms. The molecule has 1 unspecified atom stereocenters. The van der Waals surface area contributed by atoms with Crippen LogP contribution >= 0.6 is 11.6 Å². The van der Waals surface area contributed by atoms with Gasteiger partial charge in [0.1, 0.15) is 5.60 Å². The van der Waals surface area contributed by atoms with Crippen LogP contribution in [0.15, 0.2) is 41.4 Å². The number of amides is 1. The standard InChI is InChI=1S/C22H30ClNO4/c1-14(2)19(24-21(27)28-22(4,5)6)20(26)17(18(25)12-15(3)23)13-16-10-8-7-9-11-16/h7-12,14,17,19H,13H2,1-6H3,(H,24,27)/b15-12-/t17?,19-/m1/s1. The molecule has 1 N–H and O–H groups in total. The van der Waals surface area contributed by atoms with Gasteiger partial charge >= 0.3 is 6.09 Å². The maximum Gasteiger partial charge on any atom is 0.408 e.